The molecular formula is C11H9ClN4O4S. The Morgan fingerprint density at radius 3 is 2.48 bits per heavy atom. The highest BCUT2D eigenvalue weighted by Gasteiger charge is 2.20. The Bertz CT molecular complexity index is 792. The van der Waals surface area contributed by atoms with E-state index in [-0.39, 0.29) is 27.1 Å². The summed E-state index contributed by atoms with van der Waals surface area (Å²) in [6.07, 6.45) is 2.09. The average Bonchev–Trinajstić information content (AvgIpc) is 2.41. The molecule has 110 valence electrons. The van der Waals surface area contributed by atoms with Crippen LogP contribution in [0.2, 0.25) is 5.28 Å². The molecule has 10 heteroatoms. The number of sulfonamides is 1. The first-order chi connectivity index (χ1) is 9.81. The van der Waals surface area contributed by atoms with Gasteiger partial charge in [0, 0.05) is 6.07 Å². The minimum absolute atomic E-state index is 0.0829. The minimum Gasteiger partial charge on any atom is -0.279 e. The molecule has 2 aromatic rings. The van der Waals surface area contributed by atoms with Crippen molar-refractivity contribution in [2.75, 3.05) is 4.72 Å². The van der Waals surface area contributed by atoms with Crippen molar-refractivity contribution in [3.05, 3.63) is 51.6 Å². The zero-order valence-electron chi connectivity index (χ0n) is 10.6. The first-order valence-corrected chi connectivity index (χ1v) is 7.42. The topological polar surface area (TPSA) is 115 Å². The summed E-state index contributed by atoms with van der Waals surface area (Å²) >= 11 is 5.49. The fourth-order valence-electron chi connectivity index (χ4n) is 1.57. The van der Waals surface area contributed by atoms with Gasteiger partial charge >= 0.3 is 0 Å². The monoisotopic (exact) mass is 328 g/mol. The van der Waals surface area contributed by atoms with Crippen LogP contribution in [-0.4, -0.2) is 23.3 Å². The molecule has 0 saturated carbocycles. The molecular weight excluding hydrogens is 320 g/mol. The van der Waals surface area contributed by atoms with Gasteiger partial charge in [0.15, 0.2) is 0 Å². The lowest BCUT2D eigenvalue weighted by Crippen LogP contribution is -2.14. The third kappa shape index (κ3) is 3.26. The maximum Gasteiger partial charge on any atom is 0.274 e. The van der Waals surface area contributed by atoms with Crippen molar-refractivity contribution in [2.24, 2.45) is 0 Å². The number of nitro benzene ring substituents is 1. The SMILES string of the molecule is Cc1c(NS(=O)(=O)c2cnc(Cl)nc2)cccc1[N+](=O)[O-]. The highest BCUT2D eigenvalue weighted by Crippen LogP contribution is 2.26. The van der Waals surface area contributed by atoms with E-state index < -0.39 is 14.9 Å². The van der Waals surface area contributed by atoms with Crippen molar-refractivity contribution in [3.63, 3.8) is 0 Å². The molecule has 0 saturated heterocycles. The summed E-state index contributed by atoms with van der Waals surface area (Å²) in [7, 11) is -3.95. The van der Waals surface area contributed by atoms with Gasteiger partial charge < -0.3 is 0 Å². The third-order valence-corrected chi connectivity index (χ3v) is 4.17. The summed E-state index contributed by atoms with van der Waals surface area (Å²) in [5.74, 6) is 0. The average molecular weight is 329 g/mol. The molecule has 2 rings (SSSR count). The zero-order valence-corrected chi connectivity index (χ0v) is 12.2. The van der Waals surface area contributed by atoms with Crippen LogP contribution in [0.1, 0.15) is 5.56 Å². The maximum absolute atomic E-state index is 12.1. The molecule has 0 atom stereocenters. The van der Waals surface area contributed by atoms with E-state index in [9.17, 15) is 18.5 Å². The van der Waals surface area contributed by atoms with Gasteiger partial charge in [0.05, 0.1) is 28.6 Å². The molecule has 1 N–H and O–H groups in total. The van der Waals surface area contributed by atoms with Crippen LogP contribution in [0.15, 0.2) is 35.5 Å². The molecule has 0 aliphatic heterocycles. The first kappa shape index (κ1) is 15.1. The smallest absolute Gasteiger partial charge is 0.274 e. The van der Waals surface area contributed by atoms with E-state index in [1.54, 1.807) is 0 Å². The number of nitrogens with zero attached hydrogens (tertiary/aromatic N) is 3. The normalized spacial score (nSPS) is 11.1. The van der Waals surface area contributed by atoms with Crippen molar-refractivity contribution < 1.29 is 13.3 Å². The summed E-state index contributed by atoms with van der Waals surface area (Å²) in [4.78, 5) is 17.2. The summed E-state index contributed by atoms with van der Waals surface area (Å²) in [6, 6.07) is 4.11. The molecule has 0 aliphatic carbocycles. The van der Waals surface area contributed by atoms with Crippen LogP contribution < -0.4 is 4.72 Å². The number of benzene rings is 1. The molecule has 0 fully saturated rings. The van der Waals surface area contributed by atoms with Gasteiger partial charge in [-0.05, 0) is 24.6 Å². The fraction of sp³-hybridized carbons (Fsp3) is 0.0909. The fourth-order valence-corrected chi connectivity index (χ4v) is 2.68. The van der Waals surface area contributed by atoms with E-state index in [1.807, 2.05) is 0 Å². The predicted molar refractivity (Wildman–Crippen MR) is 75.7 cm³/mol. The summed E-state index contributed by atoms with van der Waals surface area (Å²) in [6.45, 7) is 1.45. The molecule has 0 amide bonds. The van der Waals surface area contributed by atoms with Crippen LogP contribution >= 0.6 is 11.6 Å². The molecule has 0 unspecified atom stereocenters. The van der Waals surface area contributed by atoms with Gasteiger partial charge in [0.1, 0.15) is 4.90 Å². The van der Waals surface area contributed by atoms with Crippen LogP contribution in [0, 0.1) is 17.0 Å². The Balaban J connectivity index is 2.39. The summed E-state index contributed by atoms with van der Waals surface area (Å²) in [5, 5.41) is 10.8. The van der Waals surface area contributed by atoms with E-state index in [1.165, 1.54) is 25.1 Å². The molecule has 1 aromatic heterocycles. The standard InChI is InChI=1S/C11H9ClN4O4S/c1-7-9(3-2-4-10(7)16(17)18)15-21(19,20)8-5-13-11(12)14-6-8/h2-6,15H,1H3. The van der Waals surface area contributed by atoms with Gasteiger partial charge in [-0.2, -0.15) is 0 Å². The van der Waals surface area contributed by atoms with Crippen molar-refractivity contribution in [3.8, 4) is 0 Å². The number of rotatable bonds is 4. The maximum atomic E-state index is 12.1. The van der Waals surface area contributed by atoms with Crippen LogP contribution in [0.5, 0.6) is 0 Å². The lowest BCUT2D eigenvalue weighted by atomic mass is 10.2. The number of anilines is 1. The number of nitro groups is 1. The Morgan fingerprint density at radius 2 is 1.90 bits per heavy atom. The van der Waals surface area contributed by atoms with Crippen molar-refractivity contribution >= 4 is 33.0 Å². The third-order valence-electron chi connectivity index (χ3n) is 2.65. The summed E-state index contributed by atoms with van der Waals surface area (Å²) < 4.78 is 26.5. The van der Waals surface area contributed by atoms with E-state index in [0.29, 0.717) is 0 Å². The second kappa shape index (κ2) is 5.62. The number of halogens is 1. The lowest BCUT2D eigenvalue weighted by Gasteiger charge is -2.10. The molecule has 0 aliphatic rings. The molecule has 1 aromatic carbocycles. The second-order valence-corrected chi connectivity index (χ2v) is 6.02. The zero-order chi connectivity index (χ0) is 15.6. The van der Waals surface area contributed by atoms with Crippen molar-refractivity contribution in [1.82, 2.24) is 9.97 Å². The van der Waals surface area contributed by atoms with Gasteiger partial charge in [0.25, 0.3) is 15.7 Å². The Hall–Kier alpha value is -2.26. The second-order valence-electron chi connectivity index (χ2n) is 4.00. The van der Waals surface area contributed by atoms with Crippen LogP contribution in [-0.2, 0) is 10.0 Å². The van der Waals surface area contributed by atoms with E-state index in [4.69, 9.17) is 11.6 Å². The highest BCUT2D eigenvalue weighted by molar-refractivity contribution is 7.92. The first-order valence-electron chi connectivity index (χ1n) is 5.55. The molecule has 0 bridgehead atoms. The highest BCUT2D eigenvalue weighted by atomic mass is 35.5. The van der Waals surface area contributed by atoms with Crippen LogP contribution in [0.25, 0.3) is 0 Å². The number of hydrogen-bond donors (Lipinski definition) is 1. The predicted octanol–water partition coefficient (Wildman–Crippen LogP) is 2.15. The van der Waals surface area contributed by atoms with Gasteiger partial charge in [-0.1, -0.05) is 6.07 Å². The van der Waals surface area contributed by atoms with E-state index in [2.05, 4.69) is 14.7 Å². The van der Waals surface area contributed by atoms with Gasteiger partial charge in [-0.25, -0.2) is 18.4 Å². The quantitative estimate of drug-likeness (QED) is 0.522. The molecule has 8 nitrogen and oxygen atoms in total. The van der Waals surface area contributed by atoms with Gasteiger partial charge in [-0.15, -0.1) is 0 Å². The Kier molecular flexibility index (Phi) is 4.05. The van der Waals surface area contributed by atoms with Gasteiger partial charge in [-0.3, -0.25) is 14.8 Å². The molecule has 0 spiro atoms. The number of aromatic nitrogens is 2. The minimum atomic E-state index is -3.95. The Morgan fingerprint density at radius 1 is 1.29 bits per heavy atom. The molecule has 1 heterocycles. The van der Waals surface area contributed by atoms with Crippen molar-refractivity contribution in [1.29, 1.82) is 0 Å². The van der Waals surface area contributed by atoms with Crippen LogP contribution in [0.4, 0.5) is 11.4 Å². The Labute approximate surface area is 125 Å². The largest absolute Gasteiger partial charge is 0.279 e. The van der Waals surface area contributed by atoms with Crippen LogP contribution in [0.3, 0.4) is 0 Å². The van der Waals surface area contributed by atoms with E-state index in [0.717, 1.165) is 12.4 Å². The molecule has 21 heavy (non-hydrogen) atoms. The van der Waals surface area contributed by atoms with E-state index >= 15 is 0 Å². The number of nitrogens with one attached hydrogen (secondary N) is 1. The lowest BCUT2D eigenvalue weighted by molar-refractivity contribution is -0.385. The summed E-state index contributed by atoms with van der Waals surface area (Å²) in [5.41, 5.74) is 0.141. The molecule has 0 radical (unpaired) electrons. The number of hydrogen-bond acceptors (Lipinski definition) is 6. The van der Waals surface area contributed by atoms with Crippen molar-refractivity contribution in [2.45, 2.75) is 11.8 Å². The van der Waals surface area contributed by atoms with Gasteiger partial charge in [0.2, 0.25) is 5.28 Å².